The molecule has 23 heavy (non-hydrogen) atoms. The molecule has 1 aromatic heterocycles. The number of alkyl halides is 2. The summed E-state index contributed by atoms with van der Waals surface area (Å²) in [5.74, 6) is 0.514. The van der Waals surface area contributed by atoms with Crippen LogP contribution in [0.2, 0.25) is 0 Å². The fraction of sp³-hybridized carbons (Fsp3) is 0.267. The summed E-state index contributed by atoms with van der Waals surface area (Å²) < 4.78 is 36.3. The van der Waals surface area contributed by atoms with E-state index in [0.29, 0.717) is 18.8 Å². The van der Waals surface area contributed by atoms with Gasteiger partial charge >= 0.3 is 6.29 Å². The van der Waals surface area contributed by atoms with Gasteiger partial charge < -0.3 is 14.0 Å². The summed E-state index contributed by atoms with van der Waals surface area (Å²) in [6, 6.07) is 8.37. The summed E-state index contributed by atoms with van der Waals surface area (Å²) in [5, 5.41) is 18.1. The molecule has 8 heteroatoms. The van der Waals surface area contributed by atoms with Gasteiger partial charge in [0.25, 0.3) is 0 Å². The van der Waals surface area contributed by atoms with Crippen molar-refractivity contribution in [1.82, 2.24) is 9.55 Å². The number of halogens is 2. The first-order valence-corrected chi connectivity index (χ1v) is 6.69. The van der Waals surface area contributed by atoms with Gasteiger partial charge in [0.2, 0.25) is 0 Å². The van der Waals surface area contributed by atoms with Crippen LogP contribution >= 0.6 is 0 Å². The van der Waals surface area contributed by atoms with Crippen LogP contribution in [-0.4, -0.2) is 15.8 Å². The Morgan fingerprint density at radius 1 is 1.22 bits per heavy atom. The number of ether oxygens (including phenoxy) is 2. The van der Waals surface area contributed by atoms with Gasteiger partial charge in [0.15, 0.2) is 22.9 Å². The number of hydrogen-bond donors (Lipinski definition) is 0. The van der Waals surface area contributed by atoms with Crippen molar-refractivity contribution in [2.45, 2.75) is 26.2 Å². The molecule has 116 valence electrons. The fourth-order valence-corrected chi connectivity index (χ4v) is 2.42. The van der Waals surface area contributed by atoms with Crippen molar-refractivity contribution in [3.05, 3.63) is 41.0 Å². The number of benzene rings is 1. The molecule has 2 heterocycles. The molecule has 0 radical (unpaired) electrons. The number of aryl methyl sites for hydroxylation is 2. The zero-order chi connectivity index (χ0) is 16.6. The smallest absolute Gasteiger partial charge is 0.395 e. The minimum absolute atomic E-state index is 0.0120. The first-order valence-electron chi connectivity index (χ1n) is 6.69. The van der Waals surface area contributed by atoms with Crippen LogP contribution in [0, 0.1) is 29.6 Å². The van der Waals surface area contributed by atoms with E-state index in [1.54, 1.807) is 17.6 Å². The number of nitrogens with zero attached hydrogens (tertiary/aromatic N) is 4. The van der Waals surface area contributed by atoms with Gasteiger partial charge in [-0.3, -0.25) is 0 Å². The van der Waals surface area contributed by atoms with Crippen LogP contribution in [0.5, 0.6) is 11.5 Å². The topological polar surface area (TPSA) is 83.9 Å². The maximum atomic E-state index is 13.0. The fourth-order valence-electron chi connectivity index (χ4n) is 2.42. The summed E-state index contributed by atoms with van der Waals surface area (Å²) in [5.41, 5.74) is 1.01. The third kappa shape index (κ3) is 2.67. The van der Waals surface area contributed by atoms with Gasteiger partial charge in [0.05, 0.1) is 0 Å². The molecule has 0 fully saturated rings. The van der Waals surface area contributed by atoms with E-state index in [1.807, 2.05) is 12.1 Å². The molecule has 0 aliphatic carbocycles. The molecule has 1 aliphatic rings. The lowest BCUT2D eigenvalue weighted by Crippen LogP contribution is -2.25. The van der Waals surface area contributed by atoms with Gasteiger partial charge in [0.1, 0.15) is 18.0 Å². The predicted octanol–water partition coefficient (Wildman–Crippen LogP) is 2.50. The molecule has 1 aromatic carbocycles. The highest BCUT2D eigenvalue weighted by molar-refractivity contribution is 5.45. The quantitative estimate of drug-likeness (QED) is 0.868. The van der Waals surface area contributed by atoms with Crippen LogP contribution in [0.3, 0.4) is 0 Å². The zero-order valence-corrected chi connectivity index (χ0v) is 12.0. The number of aromatic nitrogens is 2. The largest absolute Gasteiger partial charge is 0.586 e. The van der Waals surface area contributed by atoms with Crippen LogP contribution < -0.4 is 9.47 Å². The van der Waals surface area contributed by atoms with Crippen molar-refractivity contribution in [2.24, 2.45) is 0 Å². The van der Waals surface area contributed by atoms with Crippen molar-refractivity contribution in [2.75, 3.05) is 0 Å². The monoisotopic (exact) mass is 316 g/mol. The van der Waals surface area contributed by atoms with Crippen LogP contribution in [0.1, 0.15) is 22.8 Å². The molecule has 6 nitrogen and oxygen atoms in total. The summed E-state index contributed by atoms with van der Waals surface area (Å²) in [6.45, 7) is 2.08. The molecule has 1 aliphatic heterocycles. The van der Waals surface area contributed by atoms with Gasteiger partial charge in [-0.2, -0.15) is 10.5 Å². The van der Waals surface area contributed by atoms with E-state index < -0.39 is 6.29 Å². The van der Waals surface area contributed by atoms with E-state index in [2.05, 4.69) is 14.5 Å². The third-order valence-electron chi connectivity index (χ3n) is 3.46. The van der Waals surface area contributed by atoms with E-state index in [-0.39, 0.29) is 22.9 Å². The SMILES string of the molecule is Cc1nc(C#N)c(C#N)n1CCc1ccc2c(c1)OC(F)(F)O2. The lowest BCUT2D eigenvalue weighted by atomic mass is 10.1. The van der Waals surface area contributed by atoms with E-state index in [1.165, 1.54) is 12.1 Å². The summed E-state index contributed by atoms with van der Waals surface area (Å²) >= 11 is 0. The number of hydrogen-bond acceptors (Lipinski definition) is 5. The van der Waals surface area contributed by atoms with Gasteiger partial charge in [-0.05, 0) is 31.0 Å². The van der Waals surface area contributed by atoms with Gasteiger partial charge in [-0.15, -0.1) is 8.78 Å². The Kier molecular flexibility index (Phi) is 3.38. The summed E-state index contributed by atoms with van der Waals surface area (Å²) in [6.07, 6.45) is -3.18. The number of fused-ring (bicyclic) bond motifs is 1. The number of rotatable bonds is 3. The molecule has 0 amide bonds. The van der Waals surface area contributed by atoms with E-state index in [0.717, 1.165) is 5.56 Å². The Morgan fingerprint density at radius 2 is 1.96 bits per heavy atom. The average molecular weight is 316 g/mol. The first-order chi connectivity index (χ1) is 10.9. The Balaban J connectivity index is 1.80. The molecular formula is C15H10F2N4O2. The lowest BCUT2D eigenvalue weighted by Gasteiger charge is -2.07. The van der Waals surface area contributed by atoms with Crippen LogP contribution in [0.4, 0.5) is 8.78 Å². The standard InChI is InChI=1S/C15H10F2N4O2/c1-9-20-11(7-18)12(8-19)21(9)5-4-10-2-3-13-14(6-10)23-15(16,17)22-13/h2-3,6H,4-5H2,1H3. The third-order valence-corrected chi connectivity index (χ3v) is 3.46. The normalized spacial score (nSPS) is 14.3. The molecule has 0 N–H and O–H groups in total. The molecule has 0 atom stereocenters. The maximum Gasteiger partial charge on any atom is 0.586 e. The molecule has 0 bridgehead atoms. The Hall–Kier alpha value is -3.13. The Bertz CT molecular complexity index is 862. The van der Waals surface area contributed by atoms with E-state index in [4.69, 9.17) is 10.5 Å². The average Bonchev–Trinajstić information content (AvgIpc) is 2.98. The summed E-state index contributed by atoms with van der Waals surface area (Å²) in [7, 11) is 0. The van der Waals surface area contributed by atoms with Gasteiger partial charge in [0, 0.05) is 6.54 Å². The van der Waals surface area contributed by atoms with Crippen molar-refractivity contribution in [1.29, 1.82) is 10.5 Å². The second-order valence-corrected chi connectivity index (χ2v) is 4.93. The lowest BCUT2D eigenvalue weighted by molar-refractivity contribution is -0.286. The van der Waals surface area contributed by atoms with Crippen LogP contribution in [0.15, 0.2) is 18.2 Å². The predicted molar refractivity (Wildman–Crippen MR) is 72.7 cm³/mol. The highest BCUT2D eigenvalue weighted by atomic mass is 19.3. The van der Waals surface area contributed by atoms with E-state index in [9.17, 15) is 8.78 Å². The van der Waals surface area contributed by atoms with Crippen molar-refractivity contribution < 1.29 is 18.3 Å². The molecule has 0 spiro atoms. The molecule has 3 rings (SSSR count). The van der Waals surface area contributed by atoms with Crippen molar-refractivity contribution >= 4 is 0 Å². The molecule has 2 aromatic rings. The van der Waals surface area contributed by atoms with Crippen molar-refractivity contribution in [3.63, 3.8) is 0 Å². The molecular weight excluding hydrogens is 306 g/mol. The molecule has 0 saturated heterocycles. The van der Waals surface area contributed by atoms with Crippen LogP contribution in [0.25, 0.3) is 0 Å². The Morgan fingerprint density at radius 3 is 2.65 bits per heavy atom. The van der Waals surface area contributed by atoms with Crippen molar-refractivity contribution in [3.8, 4) is 23.6 Å². The van der Waals surface area contributed by atoms with E-state index >= 15 is 0 Å². The first kappa shape index (κ1) is 14.8. The maximum absolute atomic E-state index is 13.0. The highest BCUT2D eigenvalue weighted by Gasteiger charge is 2.43. The second-order valence-electron chi connectivity index (χ2n) is 4.93. The highest BCUT2D eigenvalue weighted by Crippen LogP contribution is 2.41. The molecule has 0 saturated carbocycles. The van der Waals surface area contributed by atoms with Gasteiger partial charge in [-0.25, -0.2) is 4.98 Å². The Labute approximate surface area is 130 Å². The summed E-state index contributed by atoms with van der Waals surface area (Å²) in [4.78, 5) is 4.02. The van der Waals surface area contributed by atoms with Crippen LogP contribution in [-0.2, 0) is 13.0 Å². The number of imidazole rings is 1. The van der Waals surface area contributed by atoms with Gasteiger partial charge in [-0.1, -0.05) is 6.07 Å². The molecule has 0 unspecified atom stereocenters. The zero-order valence-electron chi connectivity index (χ0n) is 12.0. The number of nitriles is 2. The minimum atomic E-state index is -3.64. The second kappa shape index (κ2) is 5.25. The minimum Gasteiger partial charge on any atom is -0.395 e.